The maximum Gasteiger partial charge on any atom is 0.294 e. The first-order chi connectivity index (χ1) is 13.3. The molecule has 0 radical (unpaired) electrons. The Labute approximate surface area is 171 Å². The largest absolute Gasteiger partial charge is 0.320 e. The summed E-state index contributed by atoms with van der Waals surface area (Å²) in [6, 6.07) is 12.0. The smallest absolute Gasteiger partial charge is 0.294 e. The Balaban J connectivity index is 1.76. The third-order valence-corrected chi connectivity index (χ3v) is 5.14. The molecule has 28 heavy (non-hydrogen) atoms. The fourth-order valence-electron chi connectivity index (χ4n) is 2.78. The van der Waals surface area contributed by atoms with Crippen molar-refractivity contribution in [1.82, 2.24) is 9.55 Å². The predicted molar refractivity (Wildman–Crippen MR) is 112 cm³/mol. The summed E-state index contributed by atoms with van der Waals surface area (Å²) < 4.78 is 2.10. The summed E-state index contributed by atoms with van der Waals surface area (Å²) in [5.41, 5.74) is 1.78. The van der Waals surface area contributed by atoms with Crippen molar-refractivity contribution in [3.63, 3.8) is 0 Å². The molecule has 2 aromatic carbocycles. The SMILES string of the molecule is CC(C)Cn1c(SCC(=O)Nc2ccc(Cl)cc2[N+](=O)[O-])nc2ccccc21. The summed E-state index contributed by atoms with van der Waals surface area (Å²) in [4.78, 5) is 27.6. The molecule has 0 unspecified atom stereocenters. The molecule has 0 saturated carbocycles. The van der Waals surface area contributed by atoms with Crippen LogP contribution in [0.2, 0.25) is 5.02 Å². The van der Waals surface area contributed by atoms with Gasteiger partial charge < -0.3 is 9.88 Å². The van der Waals surface area contributed by atoms with E-state index in [0.29, 0.717) is 5.92 Å². The van der Waals surface area contributed by atoms with Gasteiger partial charge in [-0.3, -0.25) is 14.9 Å². The number of nitro benzene ring substituents is 1. The number of carbonyl (C=O) groups excluding carboxylic acids is 1. The summed E-state index contributed by atoms with van der Waals surface area (Å²) in [5, 5.41) is 14.7. The number of nitrogens with zero attached hydrogens (tertiary/aromatic N) is 3. The number of anilines is 1. The number of hydrogen-bond acceptors (Lipinski definition) is 5. The van der Waals surface area contributed by atoms with E-state index in [-0.39, 0.29) is 28.1 Å². The fourth-order valence-corrected chi connectivity index (χ4v) is 3.77. The minimum Gasteiger partial charge on any atom is -0.320 e. The lowest BCUT2D eigenvalue weighted by molar-refractivity contribution is -0.383. The average Bonchev–Trinajstić information content (AvgIpc) is 2.98. The third kappa shape index (κ3) is 4.63. The lowest BCUT2D eigenvalue weighted by Crippen LogP contribution is -2.16. The van der Waals surface area contributed by atoms with Gasteiger partial charge in [0.15, 0.2) is 5.16 Å². The zero-order valence-corrected chi connectivity index (χ0v) is 17.0. The summed E-state index contributed by atoms with van der Waals surface area (Å²) in [6.07, 6.45) is 0. The van der Waals surface area contributed by atoms with Gasteiger partial charge in [-0.05, 0) is 30.2 Å². The normalized spacial score (nSPS) is 11.1. The van der Waals surface area contributed by atoms with E-state index in [1.807, 2.05) is 24.3 Å². The van der Waals surface area contributed by atoms with E-state index in [2.05, 4.69) is 28.7 Å². The van der Waals surface area contributed by atoms with Crippen molar-refractivity contribution in [3.8, 4) is 0 Å². The highest BCUT2D eigenvalue weighted by Crippen LogP contribution is 2.29. The molecule has 9 heteroatoms. The van der Waals surface area contributed by atoms with Gasteiger partial charge in [-0.2, -0.15) is 0 Å². The number of aromatic nitrogens is 2. The number of amides is 1. The lowest BCUT2D eigenvalue weighted by Gasteiger charge is -2.11. The molecule has 0 atom stereocenters. The molecule has 0 aliphatic carbocycles. The van der Waals surface area contributed by atoms with Crippen LogP contribution in [-0.4, -0.2) is 26.1 Å². The number of benzene rings is 2. The van der Waals surface area contributed by atoms with E-state index in [1.165, 1.54) is 30.0 Å². The maximum absolute atomic E-state index is 12.4. The highest BCUT2D eigenvalue weighted by atomic mass is 35.5. The van der Waals surface area contributed by atoms with Crippen molar-refractivity contribution >= 4 is 51.7 Å². The van der Waals surface area contributed by atoms with Crippen molar-refractivity contribution in [2.24, 2.45) is 5.92 Å². The van der Waals surface area contributed by atoms with Crippen LogP contribution in [0.1, 0.15) is 13.8 Å². The second kappa shape index (κ2) is 8.62. The number of nitrogens with one attached hydrogen (secondary N) is 1. The molecule has 0 bridgehead atoms. The Morgan fingerprint density at radius 2 is 2.07 bits per heavy atom. The van der Waals surface area contributed by atoms with Gasteiger partial charge in [0.1, 0.15) is 5.69 Å². The van der Waals surface area contributed by atoms with Crippen molar-refractivity contribution in [1.29, 1.82) is 0 Å². The molecule has 1 amide bonds. The first kappa shape index (κ1) is 20.2. The van der Waals surface area contributed by atoms with Crippen LogP contribution in [0.5, 0.6) is 0 Å². The van der Waals surface area contributed by atoms with E-state index in [4.69, 9.17) is 11.6 Å². The molecule has 3 rings (SSSR count). The topological polar surface area (TPSA) is 90.1 Å². The number of para-hydroxylation sites is 2. The van der Waals surface area contributed by atoms with Crippen LogP contribution >= 0.6 is 23.4 Å². The maximum atomic E-state index is 12.4. The van der Waals surface area contributed by atoms with E-state index >= 15 is 0 Å². The van der Waals surface area contributed by atoms with E-state index in [0.717, 1.165) is 22.7 Å². The minimum absolute atomic E-state index is 0.0845. The Hall–Kier alpha value is -2.58. The molecule has 3 aromatic rings. The highest BCUT2D eigenvalue weighted by Gasteiger charge is 2.18. The van der Waals surface area contributed by atoms with Crippen molar-refractivity contribution in [2.45, 2.75) is 25.5 Å². The number of carbonyl (C=O) groups is 1. The average molecular weight is 419 g/mol. The molecule has 1 aromatic heterocycles. The van der Waals surface area contributed by atoms with Crippen LogP contribution in [0.3, 0.4) is 0 Å². The van der Waals surface area contributed by atoms with Crippen LogP contribution in [0.4, 0.5) is 11.4 Å². The van der Waals surface area contributed by atoms with E-state index < -0.39 is 4.92 Å². The minimum atomic E-state index is -0.573. The van der Waals surface area contributed by atoms with Gasteiger partial charge in [0.2, 0.25) is 5.91 Å². The number of imidazole rings is 1. The Morgan fingerprint density at radius 3 is 2.79 bits per heavy atom. The first-order valence-corrected chi connectivity index (χ1v) is 10.0. The summed E-state index contributed by atoms with van der Waals surface area (Å²) in [6.45, 7) is 5.03. The van der Waals surface area contributed by atoms with Gasteiger partial charge in [-0.25, -0.2) is 4.98 Å². The van der Waals surface area contributed by atoms with Crippen molar-refractivity contribution < 1.29 is 9.72 Å². The predicted octanol–water partition coefficient (Wildman–Crippen LogP) is 4.98. The lowest BCUT2D eigenvalue weighted by atomic mass is 10.2. The highest BCUT2D eigenvalue weighted by molar-refractivity contribution is 7.99. The number of rotatable bonds is 7. The number of fused-ring (bicyclic) bond motifs is 1. The third-order valence-electron chi connectivity index (χ3n) is 3.93. The van der Waals surface area contributed by atoms with Gasteiger partial charge in [-0.1, -0.05) is 49.3 Å². The van der Waals surface area contributed by atoms with E-state index in [9.17, 15) is 14.9 Å². The Morgan fingerprint density at radius 1 is 1.32 bits per heavy atom. The van der Waals surface area contributed by atoms with Gasteiger partial charge >= 0.3 is 0 Å². The van der Waals surface area contributed by atoms with E-state index in [1.54, 1.807) is 0 Å². The van der Waals surface area contributed by atoms with Crippen LogP contribution < -0.4 is 5.32 Å². The molecular weight excluding hydrogens is 400 g/mol. The molecule has 0 aliphatic heterocycles. The summed E-state index contributed by atoms with van der Waals surface area (Å²) in [7, 11) is 0. The molecule has 0 fully saturated rings. The molecular formula is C19H19ClN4O3S. The summed E-state index contributed by atoms with van der Waals surface area (Å²) >= 11 is 7.11. The molecule has 0 spiro atoms. The zero-order valence-electron chi connectivity index (χ0n) is 15.4. The van der Waals surface area contributed by atoms with Gasteiger partial charge in [0.25, 0.3) is 5.69 Å². The van der Waals surface area contributed by atoms with Crippen LogP contribution in [0, 0.1) is 16.0 Å². The molecule has 0 saturated heterocycles. The number of thioether (sulfide) groups is 1. The summed E-state index contributed by atoms with van der Waals surface area (Å²) in [5.74, 6) is 0.155. The van der Waals surface area contributed by atoms with Gasteiger partial charge in [0.05, 0.1) is 21.7 Å². The number of nitro groups is 1. The molecule has 1 heterocycles. The monoisotopic (exact) mass is 418 g/mol. The second-order valence-electron chi connectivity index (χ2n) is 6.64. The zero-order chi connectivity index (χ0) is 20.3. The molecule has 1 N–H and O–H groups in total. The number of halogens is 1. The molecule has 146 valence electrons. The Bertz CT molecular complexity index is 1040. The van der Waals surface area contributed by atoms with Crippen LogP contribution in [0.15, 0.2) is 47.6 Å². The van der Waals surface area contributed by atoms with Gasteiger partial charge in [0, 0.05) is 17.6 Å². The van der Waals surface area contributed by atoms with Crippen molar-refractivity contribution in [2.75, 3.05) is 11.1 Å². The van der Waals surface area contributed by atoms with Crippen molar-refractivity contribution in [3.05, 3.63) is 57.6 Å². The quantitative estimate of drug-likeness (QED) is 0.332. The van der Waals surface area contributed by atoms with Crippen LogP contribution in [-0.2, 0) is 11.3 Å². The Kier molecular flexibility index (Phi) is 6.21. The van der Waals surface area contributed by atoms with Crippen LogP contribution in [0.25, 0.3) is 11.0 Å². The standard InChI is InChI=1S/C19H19ClN4O3S/c1-12(2)10-23-16-6-4-3-5-14(16)22-19(23)28-11-18(25)21-15-8-7-13(20)9-17(15)24(26)27/h3-9,12H,10-11H2,1-2H3,(H,21,25). The van der Waals surface area contributed by atoms with Gasteiger partial charge in [-0.15, -0.1) is 0 Å². The number of hydrogen-bond donors (Lipinski definition) is 1. The fraction of sp³-hybridized carbons (Fsp3) is 0.263. The molecule has 7 nitrogen and oxygen atoms in total. The molecule has 0 aliphatic rings. The second-order valence-corrected chi connectivity index (χ2v) is 8.02. The first-order valence-electron chi connectivity index (χ1n) is 8.67.